The summed E-state index contributed by atoms with van der Waals surface area (Å²) in [5, 5.41) is 3.38. The van der Waals surface area contributed by atoms with Crippen molar-refractivity contribution in [2.24, 2.45) is 0 Å². The van der Waals surface area contributed by atoms with E-state index in [1.807, 2.05) is 30.2 Å². The average Bonchev–Trinajstić information content (AvgIpc) is 3.67. The molecule has 33 heavy (non-hydrogen) atoms. The highest BCUT2D eigenvalue weighted by Gasteiger charge is 2.33. The van der Waals surface area contributed by atoms with Gasteiger partial charge in [-0.05, 0) is 86.1 Å². The maximum Gasteiger partial charge on any atom is 0.257 e. The Labute approximate surface area is 193 Å². The molecule has 0 radical (unpaired) electrons. The number of piperidine rings is 1. The number of likely N-dealkylation sites (tertiary alicyclic amines) is 1. The van der Waals surface area contributed by atoms with E-state index < -0.39 is 0 Å². The quantitative estimate of drug-likeness (QED) is 0.670. The van der Waals surface area contributed by atoms with Crippen LogP contribution in [-0.2, 0) is 4.79 Å². The SMILES string of the molecule is Cc1cc(F)ccc1NC1=CCN(C2CC2)C=C1C(=O)N1CCC(c2ccc(F)cc2)CC1. The number of nitrogens with zero attached hydrogens (tertiary/aromatic N) is 2. The van der Waals surface area contributed by atoms with Crippen molar-refractivity contribution < 1.29 is 13.6 Å². The summed E-state index contributed by atoms with van der Waals surface area (Å²) < 4.78 is 26.8. The molecule has 2 fully saturated rings. The van der Waals surface area contributed by atoms with Crippen LogP contribution < -0.4 is 5.32 Å². The zero-order valence-electron chi connectivity index (χ0n) is 18.9. The second kappa shape index (κ2) is 9.00. The van der Waals surface area contributed by atoms with Crippen LogP contribution in [0.5, 0.6) is 0 Å². The summed E-state index contributed by atoms with van der Waals surface area (Å²) >= 11 is 0. The van der Waals surface area contributed by atoms with Crippen LogP contribution in [0.15, 0.2) is 66.0 Å². The van der Waals surface area contributed by atoms with E-state index in [1.165, 1.54) is 24.3 Å². The van der Waals surface area contributed by atoms with Crippen LogP contribution in [0.1, 0.15) is 42.7 Å². The Morgan fingerprint density at radius 1 is 0.970 bits per heavy atom. The highest BCUT2D eigenvalue weighted by Crippen LogP contribution is 2.33. The highest BCUT2D eigenvalue weighted by molar-refractivity contribution is 5.99. The number of carbonyl (C=O) groups is 1. The molecule has 5 rings (SSSR count). The monoisotopic (exact) mass is 449 g/mol. The topological polar surface area (TPSA) is 35.6 Å². The summed E-state index contributed by atoms with van der Waals surface area (Å²) in [4.78, 5) is 17.8. The number of carbonyl (C=O) groups excluding carboxylic acids is 1. The van der Waals surface area contributed by atoms with E-state index >= 15 is 0 Å². The molecule has 1 N–H and O–H groups in total. The van der Waals surface area contributed by atoms with Crippen molar-refractivity contribution in [2.45, 2.75) is 44.6 Å². The van der Waals surface area contributed by atoms with E-state index in [2.05, 4.69) is 16.3 Å². The van der Waals surface area contributed by atoms with E-state index in [0.717, 1.165) is 54.7 Å². The van der Waals surface area contributed by atoms with Gasteiger partial charge in [0.15, 0.2) is 0 Å². The second-order valence-electron chi connectivity index (χ2n) is 9.29. The molecule has 2 aromatic carbocycles. The molecule has 1 saturated heterocycles. The Kier molecular flexibility index (Phi) is 5.92. The minimum atomic E-state index is -0.272. The Morgan fingerprint density at radius 2 is 1.67 bits per heavy atom. The van der Waals surface area contributed by atoms with Crippen LogP contribution >= 0.6 is 0 Å². The van der Waals surface area contributed by atoms with Gasteiger partial charge in [-0.15, -0.1) is 0 Å². The molecule has 2 heterocycles. The standard InChI is InChI=1S/C27H29F2N3O/c1-18-16-22(29)6-9-25(18)30-26-12-15-32(23-7-8-23)17-24(26)27(33)31-13-10-20(11-14-31)19-2-4-21(28)5-3-19/h2-6,9,12,16-17,20,23,30H,7-8,10-11,13-15H2,1H3. The maximum atomic E-state index is 13.6. The van der Waals surface area contributed by atoms with Gasteiger partial charge in [0.2, 0.25) is 0 Å². The van der Waals surface area contributed by atoms with Crippen LogP contribution in [0.25, 0.3) is 0 Å². The summed E-state index contributed by atoms with van der Waals surface area (Å²) in [5.41, 5.74) is 4.18. The van der Waals surface area contributed by atoms with Gasteiger partial charge in [0.1, 0.15) is 11.6 Å². The molecule has 1 saturated carbocycles. The van der Waals surface area contributed by atoms with E-state index in [4.69, 9.17) is 0 Å². The second-order valence-corrected chi connectivity index (χ2v) is 9.29. The number of halogens is 2. The zero-order chi connectivity index (χ0) is 22.9. The number of aryl methyl sites for hydroxylation is 1. The molecule has 172 valence electrons. The Hall–Kier alpha value is -3.15. The van der Waals surface area contributed by atoms with Crippen LogP contribution in [0, 0.1) is 18.6 Å². The van der Waals surface area contributed by atoms with Crippen LogP contribution in [0.4, 0.5) is 14.5 Å². The number of rotatable bonds is 5. The van der Waals surface area contributed by atoms with Gasteiger partial charge in [-0.2, -0.15) is 0 Å². The Morgan fingerprint density at radius 3 is 2.33 bits per heavy atom. The third-order valence-electron chi connectivity index (χ3n) is 6.92. The van der Waals surface area contributed by atoms with Crippen molar-refractivity contribution in [3.63, 3.8) is 0 Å². The number of anilines is 1. The highest BCUT2D eigenvalue weighted by atomic mass is 19.1. The molecular weight excluding hydrogens is 420 g/mol. The molecule has 2 aliphatic heterocycles. The first kappa shape index (κ1) is 21.7. The lowest BCUT2D eigenvalue weighted by atomic mass is 9.89. The van der Waals surface area contributed by atoms with E-state index in [1.54, 1.807) is 6.07 Å². The molecule has 1 aliphatic carbocycles. The summed E-state index contributed by atoms with van der Waals surface area (Å²) in [5.74, 6) is -0.130. The largest absolute Gasteiger partial charge is 0.370 e. The normalized spacial score (nSPS) is 19.2. The van der Waals surface area contributed by atoms with Gasteiger partial charge in [0.25, 0.3) is 5.91 Å². The van der Waals surface area contributed by atoms with Crippen molar-refractivity contribution in [1.82, 2.24) is 9.80 Å². The molecule has 0 bridgehead atoms. The third kappa shape index (κ3) is 4.80. The van der Waals surface area contributed by atoms with Crippen molar-refractivity contribution in [2.75, 3.05) is 25.0 Å². The fourth-order valence-electron chi connectivity index (χ4n) is 4.78. The summed E-state index contributed by atoms with van der Waals surface area (Å²) in [7, 11) is 0. The van der Waals surface area contributed by atoms with Gasteiger partial charge in [-0.25, -0.2) is 8.78 Å². The smallest absolute Gasteiger partial charge is 0.257 e. The molecule has 6 heteroatoms. The minimum Gasteiger partial charge on any atom is -0.370 e. The van der Waals surface area contributed by atoms with Crippen molar-refractivity contribution in [3.05, 3.63) is 88.8 Å². The average molecular weight is 450 g/mol. The van der Waals surface area contributed by atoms with Crippen molar-refractivity contribution >= 4 is 11.6 Å². The summed E-state index contributed by atoms with van der Waals surface area (Å²) in [6.45, 7) is 3.96. The lowest BCUT2D eigenvalue weighted by Crippen LogP contribution is -2.41. The first-order chi connectivity index (χ1) is 16.0. The third-order valence-corrected chi connectivity index (χ3v) is 6.92. The maximum absolute atomic E-state index is 13.6. The van der Waals surface area contributed by atoms with Gasteiger partial charge < -0.3 is 15.1 Å². The molecule has 0 unspecified atom stereocenters. The van der Waals surface area contributed by atoms with E-state index in [9.17, 15) is 13.6 Å². The fraction of sp³-hybridized carbons (Fsp3) is 0.370. The predicted octanol–water partition coefficient (Wildman–Crippen LogP) is 5.34. The van der Waals surface area contributed by atoms with Crippen LogP contribution in [0.2, 0.25) is 0 Å². The van der Waals surface area contributed by atoms with Gasteiger partial charge >= 0.3 is 0 Å². The van der Waals surface area contributed by atoms with Gasteiger partial charge in [-0.3, -0.25) is 4.79 Å². The molecular formula is C27H29F2N3O. The van der Waals surface area contributed by atoms with Gasteiger partial charge in [0.05, 0.1) is 11.3 Å². The molecule has 0 spiro atoms. The molecule has 1 amide bonds. The Balaban J connectivity index is 1.31. The molecule has 2 aromatic rings. The fourth-order valence-corrected chi connectivity index (χ4v) is 4.78. The van der Waals surface area contributed by atoms with Crippen molar-refractivity contribution in [3.8, 4) is 0 Å². The van der Waals surface area contributed by atoms with Gasteiger partial charge in [0, 0.05) is 37.6 Å². The first-order valence-electron chi connectivity index (χ1n) is 11.7. The van der Waals surface area contributed by atoms with E-state index in [-0.39, 0.29) is 17.5 Å². The van der Waals surface area contributed by atoms with Crippen LogP contribution in [-0.4, -0.2) is 41.4 Å². The van der Waals surface area contributed by atoms with Gasteiger partial charge in [-0.1, -0.05) is 12.1 Å². The number of hydrogen-bond donors (Lipinski definition) is 1. The molecule has 0 aromatic heterocycles. The molecule has 0 atom stereocenters. The Bertz CT molecular complexity index is 1100. The zero-order valence-corrected chi connectivity index (χ0v) is 18.9. The van der Waals surface area contributed by atoms with Crippen LogP contribution in [0.3, 0.4) is 0 Å². The number of amides is 1. The van der Waals surface area contributed by atoms with E-state index in [0.29, 0.717) is 30.6 Å². The number of nitrogens with one attached hydrogen (secondary N) is 1. The predicted molar refractivity (Wildman–Crippen MR) is 126 cm³/mol. The molecule has 4 nitrogen and oxygen atoms in total. The first-order valence-corrected chi connectivity index (χ1v) is 11.7. The van der Waals surface area contributed by atoms with Crippen molar-refractivity contribution in [1.29, 1.82) is 0 Å². The lowest BCUT2D eigenvalue weighted by Gasteiger charge is -2.35. The number of benzene rings is 2. The lowest BCUT2D eigenvalue weighted by molar-refractivity contribution is -0.128. The number of hydrogen-bond acceptors (Lipinski definition) is 3. The molecule has 3 aliphatic rings. The summed E-state index contributed by atoms with van der Waals surface area (Å²) in [6, 6.07) is 11.9. The minimum absolute atomic E-state index is 0.0245. The summed E-state index contributed by atoms with van der Waals surface area (Å²) in [6.07, 6.45) is 8.12.